The van der Waals surface area contributed by atoms with Crippen molar-refractivity contribution >= 4 is 33.9 Å². The molecule has 1 aromatic carbocycles. The van der Waals surface area contributed by atoms with Crippen molar-refractivity contribution in [1.29, 1.82) is 0 Å². The number of anilines is 1. The molecule has 6 heteroatoms. The largest absolute Gasteiger partial charge is 0.480 e. The molecule has 1 fully saturated rings. The second-order valence-electron chi connectivity index (χ2n) is 5.21. The van der Waals surface area contributed by atoms with E-state index in [0.717, 1.165) is 16.5 Å². The van der Waals surface area contributed by atoms with Crippen LogP contribution in [0.3, 0.4) is 0 Å². The van der Waals surface area contributed by atoms with Crippen LogP contribution in [-0.4, -0.2) is 33.6 Å². The molecule has 3 heterocycles. The lowest BCUT2D eigenvalue weighted by atomic mass is 10.0. The molecule has 0 bridgehead atoms. The van der Waals surface area contributed by atoms with Crippen molar-refractivity contribution in [2.45, 2.75) is 19.4 Å². The zero-order valence-corrected chi connectivity index (χ0v) is 11.4. The summed E-state index contributed by atoms with van der Waals surface area (Å²) in [6.07, 6.45) is 0.625. The first kappa shape index (κ1) is 12.1. The molecule has 1 aliphatic heterocycles. The summed E-state index contributed by atoms with van der Waals surface area (Å²) in [7, 11) is 0. The summed E-state index contributed by atoms with van der Waals surface area (Å²) in [5.41, 5.74) is 2.04. The predicted molar refractivity (Wildman–Crippen MR) is 77.4 cm³/mol. The van der Waals surface area contributed by atoms with E-state index in [1.165, 1.54) is 0 Å². The number of rotatable bonds is 2. The van der Waals surface area contributed by atoms with E-state index in [1.54, 1.807) is 11.8 Å². The van der Waals surface area contributed by atoms with Crippen LogP contribution in [0.2, 0.25) is 0 Å². The standard InChI is InChI=1S/C15H13N3O3/c1-8-16-12-9-4-2-3-5-11(9)21-13(12)14(17-8)18-7-6-10(18)15(19)20/h2-5,10H,6-7H2,1H3,(H,19,20)/t10-/m0/s1. The van der Waals surface area contributed by atoms with Crippen molar-refractivity contribution < 1.29 is 14.3 Å². The normalized spacial score (nSPS) is 18.1. The van der Waals surface area contributed by atoms with Crippen LogP contribution < -0.4 is 4.90 Å². The van der Waals surface area contributed by atoms with Gasteiger partial charge < -0.3 is 14.4 Å². The number of carbonyl (C=O) groups is 1. The van der Waals surface area contributed by atoms with E-state index < -0.39 is 12.0 Å². The predicted octanol–water partition coefficient (Wildman–Crippen LogP) is 2.35. The second kappa shape index (κ2) is 4.18. The van der Waals surface area contributed by atoms with Crippen LogP contribution in [0.1, 0.15) is 12.2 Å². The van der Waals surface area contributed by atoms with Crippen LogP contribution in [0, 0.1) is 6.92 Å². The van der Waals surface area contributed by atoms with Crippen LogP contribution in [0.15, 0.2) is 28.7 Å². The molecule has 0 saturated carbocycles. The first-order valence-corrected chi connectivity index (χ1v) is 6.80. The Bertz CT molecular complexity index is 871. The molecule has 0 unspecified atom stereocenters. The molecule has 0 radical (unpaired) electrons. The SMILES string of the molecule is Cc1nc(N2CC[C@H]2C(=O)O)c2oc3ccccc3c2n1. The Kier molecular flexibility index (Phi) is 2.42. The zero-order valence-electron chi connectivity index (χ0n) is 11.4. The smallest absolute Gasteiger partial charge is 0.326 e. The van der Waals surface area contributed by atoms with Crippen LogP contribution in [0.25, 0.3) is 22.1 Å². The number of benzene rings is 1. The zero-order chi connectivity index (χ0) is 14.6. The van der Waals surface area contributed by atoms with Gasteiger partial charge in [-0.2, -0.15) is 0 Å². The highest BCUT2D eigenvalue weighted by atomic mass is 16.4. The topological polar surface area (TPSA) is 79.5 Å². The maximum absolute atomic E-state index is 11.2. The Balaban J connectivity index is 1.98. The van der Waals surface area contributed by atoms with Gasteiger partial charge in [-0.3, -0.25) is 0 Å². The van der Waals surface area contributed by atoms with Gasteiger partial charge in [-0.05, 0) is 25.5 Å². The van der Waals surface area contributed by atoms with E-state index in [2.05, 4.69) is 9.97 Å². The first-order valence-electron chi connectivity index (χ1n) is 6.80. The molecular formula is C15H13N3O3. The molecule has 0 aliphatic carbocycles. The number of aliphatic carboxylic acids is 1. The fourth-order valence-corrected chi connectivity index (χ4v) is 2.78. The molecule has 2 aromatic heterocycles. The van der Waals surface area contributed by atoms with Crippen molar-refractivity contribution in [1.82, 2.24) is 9.97 Å². The highest BCUT2D eigenvalue weighted by Gasteiger charge is 2.37. The van der Waals surface area contributed by atoms with Crippen LogP contribution in [-0.2, 0) is 4.79 Å². The number of nitrogens with zero attached hydrogens (tertiary/aromatic N) is 3. The number of furan rings is 1. The third kappa shape index (κ3) is 1.68. The molecular weight excluding hydrogens is 270 g/mol. The summed E-state index contributed by atoms with van der Waals surface area (Å²) in [5.74, 6) is 0.356. The molecule has 0 spiro atoms. The van der Waals surface area contributed by atoms with Gasteiger partial charge in [0.1, 0.15) is 23.0 Å². The first-order chi connectivity index (χ1) is 10.1. The minimum Gasteiger partial charge on any atom is -0.480 e. The average molecular weight is 283 g/mol. The molecule has 3 aromatic rings. The van der Waals surface area contributed by atoms with Gasteiger partial charge in [0.2, 0.25) is 0 Å². The van der Waals surface area contributed by atoms with Crippen LogP contribution >= 0.6 is 0 Å². The maximum Gasteiger partial charge on any atom is 0.326 e. The number of para-hydroxylation sites is 1. The Morgan fingerprint density at radius 1 is 1.38 bits per heavy atom. The van der Waals surface area contributed by atoms with E-state index >= 15 is 0 Å². The van der Waals surface area contributed by atoms with Crippen LogP contribution in [0.4, 0.5) is 5.82 Å². The van der Waals surface area contributed by atoms with E-state index in [9.17, 15) is 9.90 Å². The quantitative estimate of drug-likeness (QED) is 0.777. The minimum atomic E-state index is -0.832. The van der Waals surface area contributed by atoms with E-state index in [-0.39, 0.29) is 0 Å². The van der Waals surface area contributed by atoms with Gasteiger partial charge in [-0.1, -0.05) is 12.1 Å². The van der Waals surface area contributed by atoms with Crippen molar-refractivity contribution in [2.24, 2.45) is 0 Å². The van der Waals surface area contributed by atoms with E-state index in [0.29, 0.717) is 30.2 Å². The lowest BCUT2D eigenvalue weighted by molar-refractivity contribution is -0.140. The Hall–Kier alpha value is -2.63. The third-order valence-corrected chi connectivity index (χ3v) is 3.89. The molecule has 1 atom stereocenters. The number of hydrogen-bond donors (Lipinski definition) is 1. The Morgan fingerprint density at radius 3 is 2.90 bits per heavy atom. The molecule has 1 N–H and O–H groups in total. The summed E-state index contributed by atoms with van der Waals surface area (Å²) in [6, 6.07) is 7.12. The van der Waals surface area contributed by atoms with Gasteiger partial charge in [0, 0.05) is 11.9 Å². The van der Waals surface area contributed by atoms with Crippen molar-refractivity contribution in [3.05, 3.63) is 30.1 Å². The monoisotopic (exact) mass is 283 g/mol. The lowest BCUT2D eigenvalue weighted by Crippen LogP contribution is -2.53. The van der Waals surface area contributed by atoms with Crippen molar-refractivity contribution in [3.8, 4) is 0 Å². The van der Waals surface area contributed by atoms with Crippen molar-refractivity contribution in [3.63, 3.8) is 0 Å². The van der Waals surface area contributed by atoms with Crippen LogP contribution in [0.5, 0.6) is 0 Å². The molecule has 21 heavy (non-hydrogen) atoms. The Morgan fingerprint density at radius 2 is 2.19 bits per heavy atom. The summed E-state index contributed by atoms with van der Waals surface area (Å²) >= 11 is 0. The molecule has 106 valence electrons. The average Bonchev–Trinajstić information content (AvgIpc) is 2.76. The molecule has 1 saturated heterocycles. The summed E-state index contributed by atoms with van der Waals surface area (Å²) in [5, 5.41) is 10.2. The highest BCUT2D eigenvalue weighted by Crippen LogP contribution is 2.36. The maximum atomic E-state index is 11.2. The fraction of sp³-hybridized carbons (Fsp3) is 0.267. The van der Waals surface area contributed by atoms with Gasteiger partial charge in [0.25, 0.3) is 0 Å². The molecule has 6 nitrogen and oxygen atoms in total. The highest BCUT2D eigenvalue weighted by molar-refractivity contribution is 6.06. The molecule has 0 amide bonds. The number of aryl methyl sites for hydroxylation is 1. The second-order valence-corrected chi connectivity index (χ2v) is 5.21. The van der Waals surface area contributed by atoms with Gasteiger partial charge >= 0.3 is 5.97 Å². The molecule has 1 aliphatic rings. The summed E-state index contributed by atoms with van der Waals surface area (Å²) in [6.45, 7) is 2.47. The van der Waals surface area contributed by atoms with Gasteiger partial charge in [-0.15, -0.1) is 0 Å². The van der Waals surface area contributed by atoms with E-state index in [4.69, 9.17) is 4.42 Å². The summed E-state index contributed by atoms with van der Waals surface area (Å²) < 4.78 is 5.86. The number of carboxylic acid groups (broad SMARTS) is 1. The number of carboxylic acids is 1. The van der Waals surface area contributed by atoms with Gasteiger partial charge in [0.05, 0.1) is 0 Å². The minimum absolute atomic E-state index is 0.532. The number of hydrogen-bond acceptors (Lipinski definition) is 5. The number of aromatic nitrogens is 2. The third-order valence-electron chi connectivity index (χ3n) is 3.89. The molecule has 4 rings (SSSR count). The van der Waals surface area contributed by atoms with Gasteiger partial charge in [0.15, 0.2) is 11.4 Å². The van der Waals surface area contributed by atoms with Crippen molar-refractivity contribution in [2.75, 3.05) is 11.4 Å². The lowest BCUT2D eigenvalue weighted by Gasteiger charge is -2.38. The fourth-order valence-electron chi connectivity index (χ4n) is 2.78. The Labute approximate surface area is 120 Å². The van der Waals surface area contributed by atoms with Gasteiger partial charge in [-0.25, -0.2) is 14.8 Å². The number of fused-ring (bicyclic) bond motifs is 3. The van der Waals surface area contributed by atoms with E-state index in [1.807, 2.05) is 24.3 Å². The summed E-state index contributed by atoms with van der Waals surface area (Å²) in [4.78, 5) is 21.9.